The molecule has 1 aromatic heterocycles. The van der Waals surface area contributed by atoms with E-state index in [9.17, 15) is 27.6 Å². The molecular weight excluding hydrogens is 498 g/mol. The van der Waals surface area contributed by atoms with Crippen LogP contribution < -0.4 is 0 Å². The van der Waals surface area contributed by atoms with Crippen molar-refractivity contribution in [2.24, 2.45) is 5.92 Å². The first-order chi connectivity index (χ1) is 18.2. The molecule has 2 aliphatic rings. The van der Waals surface area contributed by atoms with Crippen LogP contribution >= 0.6 is 0 Å². The second kappa shape index (κ2) is 10.5. The molecule has 0 N–H and O–H groups in total. The summed E-state index contributed by atoms with van der Waals surface area (Å²) in [6.45, 7) is 1.60. The number of carbonyl (C=O) groups excluding carboxylic acids is 1. The third kappa shape index (κ3) is 5.52. The SMILES string of the molecule is N#CC1CCN(C(=O)N2CC(c3cccc(C(F)(F)F)c3)CC(c3cn(-c4cccc(F)c4)cn3)C2)CC1. The van der Waals surface area contributed by atoms with Gasteiger partial charge in [0.05, 0.1) is 23.7 Å². The number of halogens is 4. The van der Waals surface area contributed by atoms with Crippen LogP contribution in [0.3, 0.4) is 0 Å². The van der Waals surface area contributed by atoms with Crippen LogP contribution in [0.25, 0.3) is 5.69 Å². The predicted molar refractivity (Wildman–Crippen MR) is 132 cm³/mol. The normalized spacial score (nSPS) is 20.8. The Morgan fingerprint density at radius 1 is 1.00 bits per heavy atom. The van der Waals surface area contributed by atoms with E-state index in [1.807, 2.05) is 0 Å². The van der Waals surface area contributed by atoms with E-state index < -0.39 is 11.7 Å². The third-order valence-electron chi connectivity index (χ3n) is 7.48. The number of nitrogens with zero attached hydrogens (tertiary/aromatic N) is 5. The number of benzene rings is 2. The number of amides is 2. The van der Waals surface area contributed by atoms with Crippen molar-refractivity contribution in [2.75, 3.05) is 26.2 Å². The van der Waals surface area contributed by atoms with E-state index in [0.717, 1.165) is 6.07 Å². The van der Waals surface area contributed by atoms with Gasteiger partial charge in [-0.05, 0) is 49.1 Å². The highest BCUT2D eigenvalue weighted by Crippen LogP contribution is 2.38. The van der Waals surface area contributed by atoms with E-state index in [0.29, 0.717) is 62.4 Å². The summed E-state index contributed by atoms with van der Waals surface area (Å²) < 4.78 is 55.8. The maximum Gasteiger partial charge on any atom is 0.416 e. The first-order valence-electron chi connectivity index (χ1n) is 12.6. The van der Waals surface area contributed by atoms with Gasteiger partial charge in [0.2, 0.25) is 0 Å². The second-order valence-electron chi connectivity index (χ2n) is 10.0. The van der Waals surface area contributed by atoms with Gasteiger partial charge in [0.25, 0.3) is 0 Å². The molecule has 0 spiro atoms. The van der Waals surface area contributed by atoms with Gasteiger partial charge < -0.3 is 14.4 Å². The molecule has 0 aliphatic carbocycles. The molecule has 2 aromatic carbocycles. The Morgan fingerprint density at radius 2 is 1.74 bits per heavy atom. The van der Waals surface area contributed by atoms with E-state index in [1.54, 1.807) is 45.1 Å². The molecule has 0 saturated carbocycles. The minimum atomic E-state index is -4.46. The first kappa shape index (κ1) is 25.8. The van der Waals surface area contributed by atoms with Gasteiger partial charge in [0.1, 0.15) is 5.82 Å². The standard InChI is InChI=1S/C28H27F4N5O/c29-24-5-2-6-25(13-24)37-17-26(34-18-37)22-11-21(20-3-1-4-23(12-20)28(30,31)32)15-36(16-22)27(38)35-9-7-19(14-33)8-10-35/h1-6,12-13,17-19,21-22H,7-11,15-16H2. The van der Waals surface area contributed by atoms with Crippen molar-refractivity contribution in [3.8, 4) is 11.8 Å². The van der Waals surface area contributed by atoms with E-state index >= 15 is 0 Å². The maximum absolute atomic E-state index is 13.8. The molecule has 0 bridgehead atoms. The minimum absolute atomic E-state index is 0.0715. The van der Waals surface area contributed by atoms with Crippen molar-refractivity contribution in [1.29, 1.82) is 5.26 Å². The number of rotatable bonds is 3. The highest BCUT2D eigenvalue weighted by Gasteiger charge is 2.37. The Labute approximate surface area is 218 Å². The van der Waals surface area contributed by atoms with Crippen molar-refractivity contribution in [2.45, 2.75) is 37.3 Å². The summed E-state index contributed by atoms with van der Waals surface area (Å²) >= 11 is 0. The van der Waals surface area contributed by atoms with Crippen LogP contribution in [0.15, 0.2) is 61.1 Å². The van der Waals surface area contributed by atoms with Crippen LogP contribution in [0.4, 0.5) is 22.4 Å². The van der Waals surface area contributed by atoms with Gasteiger partial charge >= 0.3 is 12.2 Å². The zero-order valence-corrected chi connectivity index (χ0v) is 20.6. The topological polar surface area (TPSA) is 65.2 Å². The fraction of sp³-hybridized carbons (Fsp3) is 0.393. The molecule has 2 amide bonds. The molecule has 10 heteroatoms. The molecular formula is C28H27F4N5O. The number of alkyl halides is 3. The Bertz CT molecular complexity index is 1340. The fourth-order valence-electron chi connectivity index (χ4n) is 5.41. The van der Waals surface area contributed by atoms with E-state index in [-0.39, 0.29) is 29.6 Å². The number of piperidine rings is 2. The van der Waals surface area contributed by atoms with Gasteiger partial charge in [-0.3, -0.25) is 0 Å². The smallest absolute Gasteiger partial charge is 0.325 e. The summed E-state index contributed by atoms with van der Waals surface area (Å²) in [7, 11) is 0. The van der Waals surface area contributed by atoms with Crippen LogP contribution in [0.5, 0.6) is 0 Å². The van der Waals surface area contributed by atoms with Crippen molar-refractivity contribution in [1.82, 2.24) is 19.4 Å². The van der Waals surface area contributed by atoms with Crippen molar-refractivity contribution < 1.29 is 22.4 Å². The summed E-state index contributed by atoms with van der Waals surface area (Å²) in [6.07, 6.45) is 0.630. The van der Waals surface area contributed by atoms with Crippen LogP contribution in [0.1, 0.15) is 47.9 Å². The molecule has 5 rings (SSSR count). The average Bonchev–Trinajstić information content (AvgIpc) is 3.43. The summed E-state index contributed by atoms with van der Waals surface area (Å²) in [6, 6.07) is 13.5. The number of hydrogen-bond donors (Lipinski definition) is 0. The van der Waals surface area contributed by atoms with E-state index in [1.165, 1.54) is 24.3 Å². The highest BCUT2D eigenvalue weighted by atomic mass is 19.4. The Hall–Kier alpha value is -3.87. The van der Waals surface area contributed by atoms with E-state index in [2.05, 4.69) is 11.1 Å². The Balaban J connectivity index is 1.43. The number of imidazole rings is 1. The molecule has 2 atom stereocenters. The van der Waals surface area contributed by atoms with Crippen LogP contribution in [0, 0.1) is 23.1 Å². The molecule has 0 radical (unpaired) electrons. The number of hydrogen-bond acceptors (Lipinski definition) is 3. The third-order valence-corrected chi connectivity index (χ3v) is 7.48. The molecule has 3 heterocycles. The lowest BCUT2D eigenvalue weighted by atomic mass is 9.82. The zero-order chi connectivity index (χ0) is 26.9. The largest absolute Gasteiger partial charge is 0.416 e. The summed E-state index contributed by atoms with van der Waals surface area (Å²) in [5.74, 6) is -0.996. The molecule has 2 aliphatic heterocycles. The van der Waals surface area contributed by atoms with Gasteiger partial charge in [-0.2, -0.15) is 18.4 Å². The van der Waals surface area contributed by atoms with Crippen LogP contribution in [-0.2, 0) is 6.18 Å². The number of urea groups is 1. The Morgan fingerprint density at radius 3 is 2.45 bits per heavy atom. The van der Waals surface area contributed by atoms with Gasteiger partial charge in [0.15, 0.2) is 0 Å². The van der Waals surface area contributed by atoms with Crippen molar-refractivity contribution >= 4 is 6.03 Å². The summed E-state index contributed by atoms with van der Waals surface area (Å²) in [5, 5.41) is 9.19. The zero-order valence-electron chi connectivity index (χ0n) is 20.6. The van der Waals surface area contributed by atoms with Gasteiger partial charge in [-0.15, -0.1) is 0 Å². The number of likely N-dealkylation sites (tertiary alicyclic amines) is 2. The lowest BCUT2D eigenvalue weighted by molar-refractivity contribution is -0.137. The van der Waals surface area contributed by atoms with Gasteiger partial charge in [-0.1, -0.05) is 24.3 Å². The lowest BCUT2D eigenvalue weighted by Crippen LogP contribution is -2.51. The molecule has 2 unspecified atom stereocenters. The van der Waals surface area contributed by atoms with Crippen molar-refractivity contribution in [3.05, 3.63) is 83.7 Å². The van der Waals surface area contributed by atoms with E-state index in [4.69, 9.17) is 0 Å². The Kier molecular flexibility index (Phi) is 7.11. The first-order valence-corrected chi connectivity index (χ1v) is 12.6. The minimum Gasteiger partial charge on any atom is -0.325 e. The lowest BCUT2D eigenvalue weighted by Gasteiger charge is -2.41. The molecule has 6 nitrogen and oxygen atoms in total. The number of carbonyl (C=O) groups is 1. The summed E-state index contributed by atoms with van der Waals surface area (Å²) in [4.78, 5) is 21.5. The van der Waals surface area contributed by atoms with Crippen molar-refractivity contribution in [3.63, 3.8) is 0 Å². The fourth-order valence-corrected chi connectivity index (χ4v) is 5.41. The monoisotopic (exact) mass is 525 g/mol. The molecule has 3 aromatic rings. The molecule has 198 valence electrons. The number of aromatic nitrogens is 2. The van der Waals surface area contributed by atoms with Gasteiger partial charge in [0, 0.05) is 55.8 Å². The quantitative estimate of drug-likeness (QED) is 0.397. The molecule has 2 saturated heterocycles. The highest BCUT2D eigenvalue weighted by molar-refractivity contribution is 5.75. The van der Waals surface area contributed by atoms with Crippen LogP contribution in [0.2, 0.25) is 0 Å². The predicted octanol–water partition coefficient (Wildman–Crippen LogP) is 5.96. The number of nitriles is 1. The van der Waals surface area contributed by atoms with Crippen LogP contribution in [-0.4, -0.2) is 51.6 Å². The summed E-state index contributed by atoms with van der Waals surface area (Å²) in [5.41, 5.74) is 1.09. The van der Waals surface area contributed by atoms with Gasteiger partial charge in [-0.25, -0.2) is 14.2 Å². The second-order valence-corrected chi connectivity index (χ2v) is 10.0. The maximum atomic E-state index is 13.8. The molecule has 38 heavy (non-hydrogen) atoms. The average molecular weight is 526 g/mol. The molecule has 2 fully saturated rings.